The molecule has 0 aromatic heterocycles. The molecule has 0 saturated carbocycles. The molecule has 0 spiro atoms. The van der Waals surface area contributed by atoms with Gasteiger partial charge in [-0.05, 0) is 19.3 Å². The van der Waals surface area contributed by atoms with Crippen LogP contribution in [0.3, 0.4) is 0 Å². The molecule has 0 radical (unpaired) electrons. The molecule has 1 aliphatic rings. The van der Waals surface area contributed by atoms with Gasteiger partial charge in [0.1, 0.15) is 0 Å². The van der Waals surface area contributed by atoms with Crippen LogP contribution in [0.2, 0.25) is 0 Å². The first kappa shape index (κ1) is 14.2. The van der Waals surface area contributed by atoms with Crippen molar-refractivity contribution < 1.29 is 13.6 Å². The van der Waals surface area contributed by atoms with Crippen LogP contribution >= 0.6 is 0 Å². The molecule has 1 saturated heterocycles. The Hall–Kier alpha value is -0.860. The third-order valence-electron chi connectivity index (χ3n) is 2.66. The summed E-state index contributed by atoms with van der Waals surface area (Å²) in [5.41, 5.74) is 5.37. The third-order valence-corrected chi connectivity index (χ3v) is 4.64. The highest BCUT2D eigenvalue weighted by molar-refractivity contribution is 7.86. The van der Waals surface area contributed by atoms with Gasteiger partial charge in [0.05, 0.1) is 6.54 Å². The van der Waals surface area contributed by atoms with Crippen LogP contribution in [0.1, 0.15) is 26.2 Å². The van der Waals surface area contributed by atoms with E-state index in [9.17, 15) is 8.42 Å². The van der Waals surface area contributed by atoms with Gasteiger partial charge in [-0.3, -0.25) is 0 Å². The second-order valence-corrected chi connectivity index (χ2v) is 5.97. The largest absolute Gasteiger partial charge is 0.409 e. The van der Waals surface area contributed by atoms with Crippen LogP contribution in [0, 0.1) is 0 Å². The van der Waals surface area contributed by atoms with E-state index in [2.05, 4.69) is 5.16 Å². The van der Waals surface area contributed by atoms with Crippen molar-refractivity contribution in [2.24, 2.45) is 10.9 Å². The average molecular weight is 264 g/mol. The SMILES string of the molecule is CCCN(CC(N)=NO)S(=O)(=O)N1CCCC1. The minimum atomic E-state index is -3.47. The predicted molar refractivity (Wildman–Crippen MR) is 65.0 cm³/mol. The summed E-state index contributed by atoms with van der Waals surface area (Å²) >= 11 is 0. The van der Waals surface area contributed by atoms with Gasteiger partial charge < -0.3 is 10.9 Å². The van der Waals surface area contributed by atoms with Gasteiger partial charge >= 0.3 is 0 Å². The Morgan fingerprint density at radius 3 is 2.53 bits per heavy atom. The summed E-state index contributed by atoms with van der Waals surface area (Å²) in [6.45, 7) is 3.30. The fourth-order valence-corrected chi connectivity index (χ4v) is 3.57. The van der Waals surface area contributed by atoms with Crippen molar-refractivity contribution in [1.82, 2.24) is 8.61 Å². The summed E-state index contributed by atoms with van der Waals surface area (Å²) < 4.78 is 27.2. The lowest BCUT2D eigenvalue weighted by molar-refractivity contribution is 0.313. The topological polar surface area (TPSA) is 99.2 Å². The summed E-state index contributed by atoms with van der Waals surface area (Å²) in [6, 6.07) is 0. The maximum atomic E-state index is 12.2. The van der Waals surface area contributed by atoms with Crippen LogP contribution < -0.4 is 5.73 Å². The molecule has 1 heterocycles. The van der Waals surface area contributed by atoms with E-state index >= 15 is 0 Å². The van der Waals surface area contributed by atoms with Crippen LogP contribution in [0.15, 0.2) is 5.16 Å². The Morgan fingerprint density at radius 2 is 2.06 bits per heavy atom. The molecule has 8 heteroatoms. The lowest BCUT2D eigenvalue weighted by atomic mass is 10.4. The van der Waals surface area contributed by atoms with Crippen molar-refractivity contribution in [2.75, 3.05) is 26.2 Å². The Morgan fingerprint density at radius 1 is 1.47 bits per heavy atom. The zero-order valence-corrected chi connectivity index (χ0v) is 10.9. The summed E-state index contributed by atoms with van der Waals surface area (Å²) in [4.78, 5) is 0. The van der Waals surface area contributed by atoms with Gasteiger partial charge in [-0.25, -0.2) is 0 Å². The fraction of sp³-hybridized carbons (Fsp3) is 0.889. The first-order chi connectivity index (χ1) is 8.02. The molecule has 7 nitrogen and oxygen atoms in total. The smallest absolute Gasteiger partial charge is 0.282 e. The van der Waals surface area contributed by atoms with Crippen molar-refractivity contribution >= 4 is 16.0 Å². The second-order valence-electron chi connectivity index (χ2n) is 4.04. The first-order valence-corrected chi connectivity index (χ1v) is 7.13. The zero-order chi connectivity index (χ0) is 12.9. The van der Waals surface area contributed by atoms with E-state index in [1.54, 1.807) is 0 Å². The van der Waals surface area contributed by atoms with Gasteiger partial charge in [-0.2, -0.15) is 17.0 Å². The first-order valence-electron chi connectivity index (χ1n) is 5.74. The molecule has 0 unspecified atom stereocenters. The molecule has 100 valence electrons. The van der Waals surface area contributed by atoms with Crippen LogP contribution in [0.4, 0.5) is 0 Å². The zero-order valence-electron chi connectivity index (χ0n) is 10.0. The molecule has 0 atom stereocenters. The van der Waals surface area contributed by atoms with Crippen molar-refractivity contribution in [3.63, 3.8) is 0 Å². The van der Waals surface area contributed by atoms with E-state index in [0.29, 0.717) is 26.1 Å². The molecule has 0 aromatic rings. The van der Waals surface area contributed by atoms with Gasteiger partial charge in [0.25, 0.3) is 10.2 Å². The molecular formula is C9H20N4O3S. The molecular weight excluding hydrogens is 244 g/mol. The van der Waals surface area contributed by atoms with Gasteiger partial charge in [0.15, 0.2) is 5.84 Å². The predicted octanol–water partition coefficient (Wildman–Crippen LogP) is -0.215. The Balaban J connectivity index is 2.80. The molecule has 17 heavy (non-hydrogen) atoms. The lowest BCUT2D eigenvalue weighted by Crippen LogP contribution is -2.46. The quantitative estimate of drug-likeness (QED) is 0.300. The van der Waals surface area contributed by atoms with Gasteiger partial charge in [-0.15, -0.1) is 0 Å². The van der Waals surface area contributed by atoms with Gasteiger partial charge in [0, 0.05) is 19.6 Å². The number of oxime groups is 1. The van der Waals surface area contributed by atoms with Gasteiger partial charge in [0.2, 0.25) is 0 Å². The molecule has 1 rings (SSSR count). The number of amidine groups is 1. The highest BCUT2D eigenvalue weighted by atomic mass is 32.2. The summed E-state index contributed by atoms with van der Waals surface area (Å²) in [7, 11) is -3.47. The maximum Gasteiger partial charge on any atom is 0.282 e. The van der Waals surface area contributed by atoms with E-state index < -0.39 is 10.2 Å². The monoisotopic (exact) mass is 264 g/mol. The standard InChI is InChI=1S/C9H20N4O3S/c1-2-5-13(8-9(10)11-14)17(15,16)12-6-3-4-7-12/h14H,2-8H2,1H3,(H2,10,11). The van der Waals surface area contributed by atoms with Crippen molar-refractivity contribution in [3.8, 4) is 0 Å². The summed E-state index contributed by atoms with van der Waals surface area (Å²) in [5, 5.41) is 11.3. The fourth-order valence-electron chi connectivity index (χ4n) is 1.82. The van der Waals surface area contributed by atoms with E-state index in [-0.39, 0.29) is 12.4 Å². The van der Waals surface area contributed by atoms with Crippen molar-refractivity contribution in [3.05, 3.63) is 0 Å². The molecule has 0 bridgehead atoms. The lowest BCUT2D eigenvalue weighted by Gasteiger charge is -2.26. The molecule has 0 aliphatic carbocycles. The average Bonchev–Trinajstić information content (AvgIpc) is 2.82. The van der Waals surface area contributed by atoms with Crippen LogP contribution in [0.5, 0.6) is 0 Å². The Kier molecular flexibility index (Phi) is 5.16. The second kappa shape index (κ2) is 6.18. The molecule has 0 aromatic carbocycles. The van der Waals surface area contributed by atoms with Crippen LogP contribution in [-0.2, 0) is 10.2 Å². The Bertz CT molecular complexity index is 362. The highest BCUT2D eigenvalue weighted by Gasteiger charge is 2.31. The van der Waals surface area contributed by atoms with Crippen LogP contribution in [-0.4, -0.2) is 54.3 Å². The van der Waals surface area contributed by atoms with Crippen LogP contribution in [0.25, 0.3) is 0 Å². The van der Waals surface area contributed by atoms with E-state index in [1.807, 2.05) is 6.92 Å². The molecule has 0 amide bonds. The number of hydrogen-bond donors (Lipinski definition) is 2. The normalized spacial score (nSPS) is 19.1. The van der Waals surface area contributed by atoms with Crippen molar-refractivity contribution in [1.29, 1.82) is 0 Å². The molecule has 1 fully saturated rings. The van der Waals surface area contributed by atoms with Crippen molar-refractivity contribution in [2.45, 2.75) is 26.2 Å². The molecule has 3 N–H and O–H groups in total. The minimum absolute atomic E-state index is 0.0663. The van der Waals surface area contributed by atoms with E-state index in [4.69, 9.17) is 10.9 Å². The molecule has 1 aliphatic heterocycles. The maximum absolute atomic E-state index is 12.2. The summed E-state index contributed by atoms with van der Waals surface area (Å²) in [5.74, 6) is -0.0961. The van der Waals surface area contributed by atoms with Gasteiger partial charge in [-0.1, -0.05) is 12.1 Å². The Labute approximate surface area is 102 Å². The van der Waals surface area contributed by atoms with E-state index in [1.165, 1.54) is 8.61 Å². The minimum Gasteiger partial charge on any atom is -0.409 e. The number of nitrogens with two attached hydrogens (primary N) is 1. The van der Waals surface area contributed by atoms with E-state index in [0.717, 1.165) is 12.8 Å². The number of rotatable bonds is 6. The highest BCUT2D eigenvalue weighted by Crippen LogP contribution is 2.16. The number of nitrogens with zero attached hydrogens (tertiary/aromatic N) is 3. The number of hydrogen-bond acceptors (Lipinski definition) is 4. The summed E-state index contributed by atoms with van der Waals surface area (Å²) in [6.07, 6.45) is 2.47. The third kappa shape index (κ3) is 3.55.